The van der Waals surface area contributed by atoms with Crippen molar-refractivity contribution in [2.24, 2.45) is 10.9 Å². The van der Waals surface area contributed by atoms with Crippen molar-refractivity contribution in [2.75, 3.05) is 5.75 Å². The van der Waals surface area contributed by atoms with Gasteiger partial charge in [-0.05, 0) is 60.6 Å². The van der Waals surface area contributed by atoms with Gasteiger partial charge in [-0.15, -0.1) is 11.8 Å². The maximum Gasteiger partial charge on any atom is 0.0972 e. The molecule has 0 spiro atoms. The first kappa shape index (κ1) is 19.8. The van der Waals surface area contributed by atoms with Gasteiger partial charge < -0.3 is 0 Å². The molecule has 0 saturated heterocycles. The summed E-state index contributed by atoms with van der Waals surface area (Å²) in [5.74, 6) is 2.03. The van der Waals surface area contributed by atoms with Crippen LogP contribution in [0.25, 0.3) is 0 Å². The van der Waals surface area contributed by atoms with Gasteiger partial charge in [0.2, 0.25) is 0 Å². The maximum atomic E-state index is 4.86. The molecule has 1 saturated carbocycles. The van der Waals surface area contributed by atoms with Gasteiger partial charge in [0.25, 0.3) is 0 Å². The average Bonchev–Trinajstić information content (AvgIpc) is 2.68. The Kier molecular flexibility index (Phi) is 8.37. The third kappa shape index (κ3) is 6.98. The summed E-state index contributed by atoms with van der Waals surface area (Å²) in [5.41, 5.74) is 1.02. The largest absolute Gasteiger partial charge is 0.242 e. The number of para-hydroxylation sites is 1. The van der Waals surface area contributed by atoms with Crippen LogP contribution in [-0.4, -0.2) is 10.8 Å². The van der Waals surface area contributed by atoms with Crippen molar-refractivity contribution in [2.45, 2.75) is 37.0 Å². The lowest BCUT2D eigenvalue weighted by Gasteiger charge is -2.20. The van der Waals surface area contributed by atoms with Crippen molar-refractivity contribution in [1.29, 1.82) is 0 Å². The van der Waals surface area contributed by atoms with Crippen LogP contribution < -0.4 is 0 Å². The van der Waals surface area contributed by atoms with E-state index in [0.29, 0.717) is 0 Å². The van der Waals surface area contributed by atoms with Gasteiger partial charge in [-0.25, -0.2) is 4.99 Å². The summed E-state index contributed by atoms with van der Waals surface area (Å²) in [4.78, 5) is 6.09. The molecule has 0 unspecified atom stereocenters. The second-order valence-electron chi connectivity index (χ2n) is 6.48. The van der Waals surface area contributed by atoms with Crippen LogP contribution in [0.15, 0.2) is 80.4 Å². The van der Waals surface area contributed by atoms with E-state index >= 15 is 0 Å². The van der Waals surface area contributed by atoms with Gasteiger partial charge in [0, 0.05) is 15.1 Å². The van der Waals surface area contributed by atoms with E-state index in [1.807, 2.05) is 30.0 Å². The normalized spacial score (nSPS) is 16.3. The fraction of sp³-hybridized carbons (Fsp3) is 0.318. The van der Waals surface area contributed by atoms with Crippen molar-refractivity contribution in [3.63, 3.8) is 0 Å². The van der Waals surface area contributed by atoms with Crippen LogP contribution in [0.5, 0.6) is 0 Å². The summed E-state index contributed by atoms with van der Waals surface area (Å²) in [6.45, 7) is 0. The molecule has 2 aromatic rings. The lowest BCUT2D eigenvalue weighted by molar-refractivity contribution is 0.391. The van der Waals surface area contributed by atoms with Crippen molar-refractivity contribution < 1.29 is 0 Å². The monoisotopic (exact) mass is 445 g/mol. The maximum absolute atomic E-state index is 4.86. The standard InChI is InChI=1S/C22H24BrNS2/c23-19-10-7-13-21(16-19)25-15-14-22(24-20-11-5-2-6-12-20)26-17-18-8-3-1-4-9-18/h2,5-7,10-16,18H,1,3-4,8-9,17H2. The zero-order valence-corrected chi connectivity index (χ0v) is 18.0. The Hall–Kier alpha value is -0.970. The Morgan fingerprint density at radius 2 is 1.85 bits per heavy atom. The molecule has 0 aromatic heterocycles. The zero-order valence-electron chi connectivity index (χ0n) is 14.8. The molecule has 4 heteroatoms. The molecule has 0 N–H and O–H groups in total. The van der Waals surface area contributed by atoms with E-state index in [2.05, 4.69) is 63.8 Å². The highest BCUT2D eigenvalue weighted by atomic mass is 79.9. The molecule has 0 atom stereocenters. The minimum absolute atomic E-state index is 0.848. The van der Waals surface area contributed by atoms with Crippen molar-refractivity contribution in [3.05, 3.63) is 70.6 Å². The van der Waals surface area contributed by atoms with Crippen LogP contribution in [0.1, 0.15) is 32.1 Å². The van der Waals surface area contributed by atoms with Crippen LogP contribution in [0.4, 0.5) is 5.69 Å². The van der Waals surface area contributed by atoms with Gasteiger partial charge in [-0.1, -0.05) is 71.2 Å². The average molecular weight is 446 g/mol. The molecule has 0 radical (unpaired) electrons. The second-order valence-corrected chi connectivity index (χ2v) is 9.41. The molecule has 26 heavy (non-hydrogen) atoms. The highest BCUT2D eigenvalue weighted by molar-refractivity contribution is 9.10. The highest BCUT2D eigenvalue weighted by Gasteiger charge is 2.14. The molecule has 0 aliphatic heterocycles. The van der Waals surface area contributed by atoms with Crippen molar-refractivity contribution >= 4 is 50.2 Å². The molecule has 1 aliphatic rings. The molecule has 2 aromatic carbocycles. The van der Waals surface area contributed by atoms with Gasteiger partial charge >= 0.3 is 0 Å². The Bertz CT molecular complexity index is 737. The van der Waals surface area contributed by atoms with Crippen LogP contribution in [0.3, 0.4) is 0 Å². The lowest BCUT2D eigenvalue weighted by Crippen LogP contribution is -2.09. The van der Waals surface area contributed by atoms with Crippen molar-refractivity contribution in [3.8, 4) is 0 Å². The molecular weight excluding hydrogens is 422 g/mol. The lowest BCUT2D eigenvalue weighted by atomic mass is 9.91. The van der Waals surface area contributed by atoms with Gasteiger partial charge in [-0.3, -0.25) is 0 Å². The third-order valence-electron chi connectivity index (χ3n) is 4.40. The Morgan fingerprint density at radius 3 is 2.62 bits per heavy atom. The summed E-state index contributed by atoms with van der Waals surface area (Å²) in [7, 11) is 0. The third-order valence-corrected chi connectivity index (χ3v) is 6.85. The smallest absolute Gasteiger partial charge is 0.0972 e. The first-order chi connectivity index (χ1) is 12.8. The quantitative estimate of drug-likeness (QED) is 0.252. The number of aliphatic imine (C=N–C) groups is 1. The minimum Gasteiger partial charge on any atom is -0.242 e. The zero-order chi connectivity index (χ0) is 18.0. The van der Waals surface area contributed by atoms with Crippen LogP contribution in [0, 0.1) is 5.92 Å². The number of nitrogens with zero attached hydrogens (tertiary/aromatic N) is 1. The Labute approximate surface area is 173 Å². The van der Waals surface area contributed by atoms with E-state index in [0.717, 1.165) is 21.1 Å². The Balaban J connectivity index is 1.65. The highest BCUT2D eigenvalue weighted by Crippen LogP contribution is 2.29. The topological polar surface area (TPSA) is 12.4 Å². The van der Waals surface area contributed by atoms with Crippen LogP contribution in [-0.2, 0) is 0 Å². The van der Waals surface area contributed by atoms with Gasteiger partial charge in [0.05, 0.1) is 10.7 Å². The summed E-state index contributed by atoms with van der Waals surface area (Å²) >= 11 is 7.16. The SMILES string of the molecule is Brc1cccc(SC=CC(=Nc2ccccc2)SCC2CCCCC2)c1. The molecule has 0 amide bonds. The molecular formula is C22H24BrNS2. The van der Waals surface area contributed by atoms with E-state index in [-0.39, 0.29) is 0 Å². The first-order valence-electron chi connectivity index (χ1n) is 9.15. The summed E-state index contributed by atoms with van der Waals surface area (Å²) in [6, 6.07) is 18.6. The number of hydrogen-bond donors (Lipinski definition) is 0. The molecule has 1 aliphatic carbocycles. The number of rotatable bonds is 6. The predicted octanol–water partition coefficient (Wildman–Crippen LogP) is 8.10. The molecule has 3 rings (SSSR count). The fourth-order valence-electron chi connectivity index (χ4n) is 3.02. The van der Waals surface area contributed by atoms with Gasteiger partial charge in [-0.2, -0.15) is 0 Å². The van der Waals surface area contributed by atoms with Crippen molar-refractivity contribution in [1.82, 2.24) is 0 Å². The van der Waals surface area contributed by atoms with E-state index in [9.17, 15) is 0 Å². The Morgan fingerprint density at radius 1 is 1.04 bits per heavy atom. The molecule has 1 nitrogen and oxygen atoms in total. The summed E-state index contributed by atoms with van der Waals surface area (Å²) in [6.07, 6.45) is 9.11. The van der Waals surface area contributed by atoms with E-state index in [1.165, 1.54) is 42.8 Å². The predicted molar refractivity (Wildman–Crippen MR) is 122 cm³/mol. The molecule has 1 fully saturated rings. The summed E-state index contributed by atoms with van der Waals surface area (Å²) < 4.78 is 1.11. The number of halogens is 1. The number of thioether (sulfide) groups is 2. The second kappa shape index (κ2) is 11.0. The molecule has 136 valence electrons. The van der Waals surface area contributed by atoms with E-state index < -0.39 is 0 Å². The van der Waals surface area contributed by atoms with Gasteiger partial charge in [0.15, 0.2) is 0 Å². The number of hydrogen-bond acceptors (Lipinski definition) is 3. The van der Waals surface area contributed by atoms with E-state index in [4.69, 9.17) is 4.99 Å². The van der Waals surface area contributed by atoms with Gasteiger partial charge in [0.1, 0.15) is 0 Å². The number of benzene rings is 2. The van der Waals surface area contributed by atoms with Crippen LogP contribution >= 0.6 is 39.5 Å². The first-order valence-corrected chi connectivity index (χ1v) is 11.8. The molecule has 0 bridgehead atoms. The summed E-state index contributed by atoms with van der Waals surface area (Å²) in [5, 5.41) is 3.25. The minimum atomic E-state index is 0.848. The van der Waals surface area contributed by atoms with E-state index in [1.54, 1.807) is 11.8 Å². The van der Waals surface area contributed by atoms with Crippen LogP contribution in [0.2, 0.25) is 0 Å². The molecule has 0 heterocycles. The fourth-order valence-corrected chi connectivity index (χ4v) is 5.43.